The van der Waals surface area contributed by atoms with Crippen LogP contribution in [-0.4, -0.2) is 40.9 Å². The van der Waals surface area contributed by atoms with Gasteiger partial charge in [-0.25, -0.2) is 4.98 Å². The summed E-state index contributed by atoms with van der Waals surface area (Å²) in [5.41, 5.74) is 9.49. The molecule has 1 aliphatic carbocycles. The molecule has 0 spiro atoms. The van der Waals surface area contributed by atoms with E-state index in [4.69, 9.17) is 39.1 Å². The van der Waals surface area contributed by atoms with Crippen molar-refractivity contribution in [1.29, 1.82) is 5.26 Å². The number of benzene rings is 1. The number of anilines is 2. The first kappa shape index (κ1) is 26.2. The smallest absolute Gasteiger partial charge is 0.215 e. The normalized spacial score (nSPS) is 16.9. The number of hydrogen-bond donors (Lipinski definition) is 3. The van der Waals surface area contributed by atoms with Gasteiger partial charge in [-0.15, -0.1) is 0 Å². The SMILES string of the molecule is C[C@@H](Oc1ccc(N)c(C(=[NH2+])c2cnc(N3CC(C)(NCC4CC4)C3)c(C#N)c2)c1)c1c(Cl)cncc1Cl. The Morgan fingerprint density at radius 1 is 1.26 bits per heavy atom. The molecular weight excluding hydrogens is 521 g/mol. The minimum Gasteiger partial charge on any atom is -0.486 e. The minimum absolute atomic E-state index is 0.0393. The van der Waals surface area contributed by atoms with E-state index in [1.807, 2.05) is 6.92 Å². The van der Waals surface area contributed by atoms with Gasteiger partial charge in [-0.05, 0) is 63.4 Å². The highest BCUT2D eigenvalue weighted by Crippen LogP contribution is 2.34. The van der Waals surface area contributed by atoms with Gasteiger partial charge in [0, 0.05) is 42.9 Å². The van der Waals surface area contributed by atoms with E-state index in [1.165, 1.54) is 25.2 Å². The third-order valence-corrected chi connectivity index (χ3v) is 7.72. The molecule has 0 bridgehead atoms. The lowest BCUT2D eigenvalue weighted by Crippen LogP contribution is -2.68. The predicted octanol–water partition coefficient (Wildman–Crippen LogP) is 3.55. The lowest BCUT2D eigenvalue weighted by molar-refractivity contribution is -0.111. The second-order valence-corrected chi connectivity index (χ2v) is 11.2. The molecule has 10 heteroatoms. The fourth-order valence-corrected chi connectivity index (χ4v) is 5.45. The summed E-state index contributed by atoms with van der Waals surface area (Å²) in [6.45, 7) is 6.72. The van der Waals surface area contributed by atoms with E-state index >= 15 is 0 Å². The van der Waals surface area contributed by atoms with Crippen LogP contribution in [0, 0.1) is 17.2 Å². The summed E-state index contributed by atoms with van der Waals surface area (Å²) in [6.07, 6.45) is 6.93. The summed E-state index contributed by atoms with van der Waals surface area (Å²) >= 11 is 12.6. The lowest BCUT2D eigenvalue weighted by Gasteiger charge is -2.49. The molecule has 0 amide bonds. The largest absolute Gasteiger partial charge is 0.486 e. The molecule has 2 fully saturated rings. The zero-order valence-corrected chi connectivity index (χ0v) is 22.9. The van der Waals surface area contributed by atoms with Crippen LogP contribution in [0.5, 0.6) is 5.75 Å². The molecule has 196 valence electrons. The van der Waals surface area contributed by atoms with Gasteiger partial charge < -0.3 is 20.7 Å². The molecule has 0 radical (unpaired) electrons. The molecule has 1 aromatic carbocycles. The van der Waals surface area contributed by atoms with E-state index in [0.29, 0.717) is 55.3 Å². The fourth-order valence-electron chi connectivity index (χ4n) is 4.78. The molecule has 1 atom stereocenters. The van der Waals surface area contributed by atoms with Gasteiger partial charge in [-0.3, -0.25) is 10.4 Å². The molecule has 0 unspecified atom stereocenters. The topological polar surface area (TPSA) is 126 Å². The third kappa shape index (κ3) is 5.41. The summed E-state index contributed by atoms with van der Waals surface area (Å²) in [6, 6.07) is 9.28. The van der Waals surface area contributed by atoms with Gasteiger partial charge in [0.1, 0.15) is 23.7 Å². The molecule has 1 aliphatic heterocycles. The number of nitrogens with zero attached hydrogens (tertiary/aromatic N) is 4. The number of ether oxygens (including phenoxy) is 1. The Morgan fingerprint density at radius 2 is 1.97 bits per heavy atom. The standard InChI is InChI=1S/C28H29Cl2N7O/c1-16(25-22(29)12-34-13-23(25)30)38-20-5-6-24(32)21(8-20)26(33)19-7-18(9-31)27(35-11-19)37-14-28(2,15-37)36-10-17-3-4-17/h5-8,11-13,16-17,33,36H,3-4,10,14-15,32H2,1-2H3/p+1/t16-/m1/s1. The summed E-state index contributed by atoms with van der Waals surface area (Å²) < 4.78 is 6.12. The number of rotatable bonds is 9. The fraction of sp³-hybridized carbons (Fsp3) is 0.357. The van der Waals surface area contributed by atoms with Gasteiger partial charge in [0.25, 0.3) is 0 Å². The van der Waals surface area contributed by atoms with Gasteiger partial charge >= 0.3 is 0 Å². The molecule has 2 aliphatic rings. The maximum absolute atomic E-state index is 9.88. The van der Waals surface area contributed by atoms with Crippen molar-refractivity contribution in [2.24, 2.45) is 5.92 Å². The van der Waals surface area contributed by atoms with Crippen molar-refractivity contribution in [3.63, 3.8) is 0 Å². The van der Waals surface area contributed by atoms with Crippen LogP contribution in [0.25, 0.3) is 0 Å². The highest BCUT2D eigenvalue weighted by Gasteiger charge is 2.41. The van der Waals surface area contributed by atoms with E-state index in [-0.39, 0.29) is 5.54 Å². The van der Waals surface area contributed by atoms with Gasteiger partial charge in [-0.1, -0.05) is 23.2 Å². The van der Waals surface area contributed by atoms with Crippen LogP contribution in [0.4, 0.5) is 11.5 Å². The second kappa shape index (κ2) is 10.4. The second-order valence-electron chi connectivity index (χ2n) is 10.4. The zero-order valence-electron chi connectivity index (χ0n) is 21.3. The maximum Gasteiger partial charge on any atom is 0.215 e. The van der Waals surface area contributed by atoms with Gasteiger partial charge in [0.2, 0.25) is 5.71 Å². The van der Waals surface area contributed by atoms with Crippen LogP contribution in [0.1, 0.15) is 55.0 Å². The van der Waals surface area contributed by atoms with E-state index in [9.17, 15) is 5.26 Å². The number of nitriles is 1. The number of aromatic nitrogens is 2. The van der Waals surface area contributed by atoms with Gasteiger partial charge in [-0.2, -0.15) is 5.26 Å². The molecule has 2 aromatic heterocycles. The average molecular weight is 552 g/mol. The molecule has 3 heterocycles. The van der Waals surface area contributed by atoms with E-state index in [0.717, 1.165) is 25.6 Å². The van der Waals surface area contributed by atoms with Crippen LogP contribution in [0.2, 0.25) is 10.0 Å². The van der Waals surface area contributed by atoms with Crippen molar-refractivity contribution in [2.45, 2.75) is 38.3 Å². The van der Waals surface area contributed by atoms with Gasteiger partial charge in [0.05, 0.1) is 32.3 Å². The summed E-state index contributed by atoms with van der Waals surface area (Å²) in [7, 11) is 0. The summed E-state index contributed by atoms with van der Waals surface area (Å²) in [5.74, 6) is 2.02. The Hall–Kier alpha value is -3.38. The van der Waals surface area contributed by atoms with Crippen LogP contribution in [-0.2, 0) is 0 Å². The van der Waals surface area contributed by atoms with E-state index in [1.54, 1.807) is 30.5 Å². The summed E-state index contributed by atoms with van der Waals surface area (Å²) in [5, 5.41) is 20.9. The van der Waals surface area contributed by atoms with Crippen LogP contribution >= 0.6 is 23.2 Å². The Kier molecular flexibility index (Phi) is 7.19. The van der Waals surface area contributed by atoms with Gasteiger partial charge in [0.15, 0.2) is 0 Å². The highest BCUT2D eigenvalue weighted by atomic mass is 35.5. The molecule has 38 heavy (non-hydrogen) atoms. The quantitative estimate of drug-likeness (QED) is 0.274. The number of nitrogens with one attached hydrogen (secondary N) is 1. The van der Waals surface area contributed by atoms with Crippen molar-refractivity contribution in [3.05, 3.63) is 75.2 Å². The van der Waals surface area contributed by atoms with Crippen molar-refractivity contribution < 1.29 is 10.1 Å². The first-order chi connectivity index (χ1) is 18.2. The van der Waals surface area contributed by atoms with Crippen molar-refractivity contribution in [3.8, 4) is 11.8 Å². The van der Waals surface area contributed by atoms with Crippen LogP contribution in [0.15, 0.2) is 42.9 Å². The molecule has 1 saturated carbocycles. The van der Waals surface area contributed by atoms with Crippen molar-refractivity contribution in [2.75, 3.05) is 30.3 Å². The number of halogens is 2. The molecule has 1 saturated heterocycles. The van der Waals surface area contributed by atoms with Crippen LogP contribution in [0.3, 0.4) is 0 Å². The first-order valence-corrected chi connectivity index (χ1v) is 13.3. The minimum atomic E-state index is -0.442. The van der Waals surface area contributed by atoms with E-state index in [2.05, 4.69) is 33.2 Å². The lowest BCUT2D eigenvalue weighted by atomic mass is 9.91. The van der Waals surface area contributed by atoms with E-state index < -0.39 is 6.10 Å². The van der Waals surface area contributed by atoms with Crippen molar-refractivity contribution >= 4 is 40.4 Å². The number of pyridine rings is 2. The first-order valence-electron chi connectivity index (χ1n) is 12.6. The Labute approximate surface area is 232 Å². The van der Waals surface area contributed by atoms with Crippen molar-refractivity contribution in [1.82, 2.24) is 15.3 Å². The molecule has 8 nitrogen and oxygen atoms in total. The Bertz CT molecular complexity index is 1410. The van der Waals surface area contributed by atoms with Crippen LogP contribution < -0.4 is 26.1 Å². The Balaban J connectivity index is 1.32. The highest BCUT2D eigenvalue weighted by molar-refractivity contribution is 6.35. The third-order valence-electron chi connectivity index (χ3n) is 7.12. The zero-order chi connectivity index (χ0) is 27.0. The predicted molar refractivity (Wildman–Crippen MR) is 150 cm³/mol. The molecule has 3 aromatic rings. The monoisotopic (exact) mass is 550 g/mol. The number of nitrogens with two attached hydrogens (primary N) is 2. The number of nitrogen functional groups attached to an aromatic ring is 1. The Morgan fingerprint density at radius 3 is 2.63 bits per heavy atom. The molecular formula is C28H30Cl2N7O+. The number of hydrogen-bond acceptors (Lipinski definition) is 7. The average Bonchev–Trinajstić information content (AvgIpc) is 3.71. The summed E-state index contributed by atoms with van der Waals surface area (Å²) in [4.78, 5) is 10.7. The maximum atomic E-state index is 9.88. The molecule has 5 rings (SSSR count). The molecule has 5 N–H and O–H groups in total.